The molecular weight excluding hydrogens is 467 g/mol. The van der Waals surface area contributed by atoms with Crippen LogP contribution in [0, 0.1) is 0 Å². The van der Waals surface area contributed by atoms with Gasteiger partial charge in [0, 0.05) is 5.33 Å². The van der Waals surface area contributed by atoms with E-state index in [0.717, 1.165) is 5.33 Å². The molecule has 0 aliphatic heterocycles. The van der Waals surface area contributed by atoms with Gasteiger partial charge in [-0.25, -0.2) is 0 Å². The van der Waals surface area contributed by atoms with E-state index in [1.54, 1.807) is 0 Å². The zero-order valence-corrected chi connectivity index (χ0v) is 19.3. The molecular formula is C23H26Br2P+. The molecule has 26 heavy (non-hydrogen) atoms. The second-order valence-electron chi connectivity index (χ2n) is 5.94. The minimum absolute atomic E-state index is 1.07. The summed E-state index contributed by atoms with van der Waals surface area (Å²) >= 11 is 6.54. The highest BCUT2D eigenvalue weighted by molar-refractivity contribution is 9.09. The quantitative estimate of drug-likeness (QED) is 0.210. The van der Waals surface area contributed by atoms with Crippen molar-refractivity contribution in [3.63, 3.8) is 0 Å². The van der Waals surface area contributed by atoms with Gasteiger partial charge in [-0.2, -0.15) is 0 Å². The molecule has 0 saturated heterocycles. The fraction of sp³-hybridized carbons (Fsp3) is 0.217. The lowest BCUT2D eigenvalue weighted by atomic mass is 10.3. The first kappa shape index (κ1) is 21.4. The van der Waals surface area contributed by atoms with E-state index >= 15 is 0 Å². The van der Waals surface area contributed by atoms with E-state index in [0.29, 0.717) is 0 Å². The Morgan fingerprint density at radius 3 is 1.23 bits per heavy atom. The van der Waals surface area contributed by atoms with Gasteiger partial charge in [0.2, 0.25) is 0 Å². The van der Waals surface area contributed by atoms with Gasteiger partial charge in [-0.05, 0) is 55.1 Å². The van der Waals surface area contributed by atoms with Crippen LogP contribution in [0.4, 0.5) is 0 Å². The fourth-order valence-electron chi connectivity index (χ4n) is 3.33. The van der Waals surface area contributed by atoms with Crippen LogP contribution in [0.15, 0.2) is 91.0 Å². The summed E-state index contributed by atoms with van der Waals surface area (Å²) in [6.07, 6.45) is 3.67. The molecule has 136 valence electrons. The van der Waals surface area contributed by atoms with Crippen LogP contribution in [0.1, 0.15) is 12.8 Å². The molecule has 0 nitrogen and oxygen atoms in total. The van der Waals surface area contributed by atoms with Gasteiger partial charge in [-0.15, -0.1) is 0 Å². The Morgan fingerprint density at radius 1 is 0.577 bits per heavy atom. The lowest BCUT2D eigenvalue weighted by Gasteiger charge is -2.27. The molecule has 0 saturated carbocycles. The highest BCUT2D eigenvalue weighted by Crippen LogP contribution is 2.55. The average Bonchev–Trinajstić information content (AvgIpc) is 2.75. The fourth-order valence-corrected chi connectivity index (χ4v) is 8.13. The van der Waals surface area contributed by atoms with Crippen molar-refractivity contribution < 1.29 is 0 Å². The summed E-state index contributed by atoms with van der Waals surface area (Å²) in [6, 6.07) is 33.4. The van der Waals surface area contributed by atoms with Crippen molar-refractivity contribution in [3.8, 4) is 0 Å². The SMILES string of the molecule is BrCCCC[P+](c1ccccc1)(c1ccccc1)c1ccccc1.CBr. The zero-order valence-electron chi connectivity index (χ0n) is 15.2. The standard InChI is InChI=1S/C22H23BrP.CH3Br/c23-18-10-11-19-24(20-12-4-1-5-13-20,21-14-6-2-7-15-21)22-16-8-3-9-17-22;1-2/h1-9,12-17H,10-11,18-19H2;1H3/q+1;. The third-order valence-electron chi connectivity index (χ3n) is 4.47. The first-order chi connectivity index (χ1) is 12.9. The van der Waals surface area contributed by atoms with Crippen molar-refractivity contribution in [2.24, 2.45) is 0 Å². The summed E-state index contributed by atoms with van der Waals surface area (Å²) < 4.78 is 0. The maximum Gasteiger partial charge on any atom is 0.112 e. The molecule has 0 atom stereocenters. The van der Waals surface area contributed by atoms with Crippen molar-refractivity contribution in [2.75, 3.05) is 17.3 Å². The predicted octanol–water partition coefficient (Wildman–Crippen LogP) is 6.17. The molecule has 0 aliphatic carbocycles. The summed E-state index contributed by atoms with van der Waals surface area (Å²) in [4.78, 5) is 0. The summed E-state index contributed by atoms with van der Waals surface area (Å²) in [7, 11) is -1.60. The molecule has 0 aliphatic rings. The first-order valence-electron chi connectivity index (χ1n) is 8.86. The molecule has 0 heterocycles. The number of unbranched alkanes of at least 4 members (excludes halogenated alkanes) is 1. The van der Waals surface area contributed by atoms with Gasteiger partial charge in [0.25, 0.3) is 0 Å². The normalized spacial score (nSPS) is 10.7. The smallest absolute Gasteiger partial charge is 0.0966 e. The third-order valence-corrected chi connectivity index (χ3v) is 9.55. The van der Waals surface area contributed by atoms with E-state index in [1.807, 2.05) is 5.83 Å². The highest BCUT2D eigenvalue weighted by Gasteiger charge is 2.44. The Bertz CT molecular complexity index is 633. The van der Waals surface area contributed by atoms with Gasteiger partial charge in [-0.3, -0.25) is 0 Å². The van der Waals surface area contributed by atoms with Crippen LogP contribution in [0.2, 0.25) is 0 Å². The Morgan fingerprint density at radius 2 is 0.923 bits per heavy atom. The van der Waals surface area contributed by atoms with Crippen LogP contribution < -0.4 is 15.9 Å². The van der Waals surface area contributed by atoms with E-state index in [1.165, 1.54) is 34.9 Å². The molecule has 0 aromatic heterocycles. The number of benzene rings is 3. The van der Waals surface area contributed by atoms with Gasteiger partial charge in [-0.1, -0.05) is 86.5 Å². The van der Waals surface area contributed by atoms with Gasteiger partial charge < -0.3 is 0 Å². The summed E-state index contributed by atoms with van der Waals surface area (Å²) in [5.74, 6) is 1.81. The van der Waals surface area contributed by atoms with E-state index in [2.05, 4.69) is 123 Å². The van der Waals surface area contributed by atoms with Crippen LogP contribution in [0.3, 0.4) is 0 Å². The van der Waals surface area contributed by atoms with E-state index in [4.69, 9.17) is 0 Å². The summed E-state index contributed by atoms with van der Waals surface area (Å²) in [5, 5.41) is 5.52. The molecule has 3 aromatic carbocycles. The average molecular weight is 493 g/mol. The molecule has 3 rings (SSSR count). The van der Waals surface area contributed by atoms with E-state index < -0.39 is 7.26 Å². The first-order valence-corrected chi connectivity index (χ1v) is 13.5. The Kier molecular flexibility index (Phi) is 9.61. The number of halogens is 2. The largest absolute Gasteiger partial charge is 0.112 e. The second-order valence-corrected chi connectivity index (χ2v) is 10.3. The maximum absolute atomic E-state index is 3.60. The third kappa shape index (κ3) is 5.06. The van der Waals surface area contributed by atoms with Gasteiger partial charge in [0.05, 0.1) is 6.16 Å². The molecule has 0 bridgehead atoms. The van der Waals surface area contributed by atoms with Crippen LogP contribution in [0.25, 0.3) is 0 Å². The zero-order chi connectivity index (χ0) is 18.7. The molecule has 3 heteroatoms. The van der Waals surface area contributed by atoms with Crippen LogP contribution in [0.5, 0.6) is 0 Å². The highest BCUT2D eigenvalue weighted by atomic mass is 79.9. The molecule has 0 fully saturated rings. The van der Waals surface area contributed by atoms with Crippen LogP contribution in [-0.4, -0.2) is 17.3 Å². The molecule has 0 amide bonds. The van der Waals surface area contributed by atoms with Gasteiger partial charge in [0.15, 0.2) is 0 Å². The molecule has 3 aromatic rings. The minimum Gasteiger partial charge on any atom is -0.0966 e. The molecule has 0 unspecified atom stereocenters. The lowest BCUT2D eigenvalue weighted by Crippen LogP contribution is -2.33. The van der Waals surface area contributed by atoms with E-state index in [-0.39, 0.29) is 0 Å². The molecule has 0 N–H and O–H groups in total. The number of rotatable bonds is 7. The maximum atomic E-state index is 3.60. The van der Waals surface area contributed by atoms with Crippen molar-refractivity contribution in [3.05, 3.63) is 91.0 Å². The second kappa shape index (κ2) is 11.7. The van der Waals surface area contributed by atoms with Crippen molar-refractivity contribution >= 4 is 55.0 Å². The molecule has 0 radical (unpaired) electrons. The topological polar surface area (TPSA) is 0 Å². The minimum atomic E-state index is -1.60. The number of hydrogen-bond donors (Lipinski definition) is 0. The monoisotopic (exact) mass is 491 g/mol. The van der Waals surface area contributed by atoms with Gasteiger partial charge in [0.1, 0.15) is 23.2 Å². The Hall–Kier alpha value is -0.950. The summed E-state index contributed by atoms with van der Waals surface area (Å²) in [5.41, 5.74) is 0. The van der Waals surface area contributed by atoms with Crippen molar-refractivity contribution in [1.82, 2.24) is 0 Å². The van der Waals surface area contributed by atoms with E-state index in [9.17, 15) is 0 Å². The molecule has 0 spiro atoms. The predicted molar refractivity (Wildman–Crippen MR) is 128 cm³/mol. The number of alkyl halides is 2. The Labute approximate surface area is 175 Å². The van der Waals surface area contributed by atoms with Gasteiger partial charge >= 0.3 is 0 Å². The number of hydrogen-bond acceptors (Lipinski definition) is 0. The van der Waals surface area contributed by atoms with Crippen molar-refractivity contribution in [1.29, 1.82) is 0 Å². The summed E-state index contributed by atoms with van der Waals surface area (Å²) in [6.45, 7) is 0. The van der Waals surface area contributed by atoms with Crippen LogP contribution >= 0.6 is 39.1 Å². The van der Waals surface area contributed by atoms with Crippen LogP contribution in [-0.2, 0) is 0 Å². The Balaban J connectivity index is 0.00000117. The lowest BCUT2D eigenvalue weighted by molar-refractivity contribution is 0.908. The van der Waals surface area contributed by atoms with Crippen molar-refractivity contribution in [2.45, 2.75) is 12.8 Å².